The third-order valence-corrected chi connectivity index (χ3v) is 1.85. The molecule has 16 heavy (non-hydrogen) atoms. The number of anilines is 2. The van der Waals surface area contributed by atoms with Gasteiger partial charge in [-0.3, -0.25) is 0 Å². The predicted octanol–water partition coefficient (Wildman–Crippen LogP) is 1.41. The molecular weight excluding hydrogens is 230 g/mol. The van der Waals surface area contributed by atoms with Crippen molar-refractivity contribution in [3.05, 3.63) is 5.28 Å². The maximum Gasteiger partial charge on any atom is 0.228 e. The first-order valence-corrected chi connectivity index (χ1v) is 5.61. The maximum absolute atomic E-state index is 5.75. The van der Waals surface area contributed by atoms with Crippen LogP contribution in [-0.2, 0) is 4.74 Å². The lowest BCUT2D eigenvalue weighted by atomic mass is 10.6. The number of nitrogens with zero attached hydrogens (tertiary/aromatic N) is 3. The van der Waals surface area contributed by atoms with Crippen LogP contribution < -0.4 is 10.6 Å². The highest BCUT2D eigenvalue weighted by molar-refractivity contribution is 6.28. The van der Waals surface area contributed by atoms with E-state index in [4.69, 9.17) is 16.3 Å². The molecule has 7 heteroatoms. The Morgan fingerprint density at radius 1 is 1.12 bits per heavy atom. The van der Waals surface area contributed by atoms with E-state index >= 15 is 0 Å². The number of aromatic nitrogens is 3. The van der Waals surface area contributed by atoms with Crippen molar-refractivity contribution in [2.45, 2.75) is 13.8 Å². The van der Waals surface area contributed by atoms with Crippen molar-refractivity contribution in [1.29, 1.82) is 0 Å². The monoisotopic (exact) mass is 245 g/mol. The van der Waals surface area contributed by atoms with Gasteiger partial charge < -0.3 is 15.4 Å². The zero-order chi connectivity index (χ0) is 11.8. The molecular formula is C9H16ClN5O. The maximum atomic E-state index is 5.75. The van der Waals surface area contributed by atoms with Crippen LogP contribution in [0.2, 0.25) is 5.28 Å². The SMILES string of the molecule is CCNc1nc(Cl)nc(NCCOCC)n1. The highest BCUT2D eigenvalue weighted by atomic mass is 35.5. The van der Waals surface area contributed by atoms with Crippen molar-refractivity contribution < 1.29 is 4.74 Å². The lowest BCUT2D eigenvalue weighted by Crippen LogP contribution is -2.13. The van der Waals surface area contributed by atoms with Gasteiger partial charge in [-0.2, -0.15) is 15.0 Å². The molecule has 1 heterocycles. The van der Waals surface area contributed by atoms with E-state index in [0.717, 1.165) is 6.54 Å². The molecule has 0 bridgehead atoms. The Labute approximate surface area is 99.8 Å². The Morgan fingerprint density at radius 2 is 1.81 bits per heavy atom. The summed E-state index contributed by atoms with van der Waals surface area (Å²) in [6.07, 6.45) is 0. The molecule has 0 aliphatic rings. The number of halogens is 1. The van der Waals surface area contributed by atoms with Gasteiger partial charge in [0.15, 0.2) is 0 Å². The Hall–Kier alpha value is -1.14. The van der Waals surface area contributed by atoms with E-state index in [9.17, 15) is 0 Å². The van der Waals surface area contributed by atoms with Gasteiger partial charge in [0.2, 0.25) is 17.2 Å². The second-order valence-electron chi connectivity index (χ2n) is 2.91. The van der Waals surface area contributed by atoms with E-state index < -0.39 is 0 Å². The van der Waals surface area contributed by atoms with E-state index in [1.807, 2.05) is 13.8 Å². The molecule has 0 aliphatic heterocycles. The van der Waals surface area contributed by atoms with Crippen LogP contribution in [0.5, 0.6) is 0 Å². The summed E-state index contributed by atoms with van der Waals surface area (Å²) >= 11 is 5.75. The third kappa shape index (κ3) is 4.59. The van der Waals surface area contributed by atoms with Crippen molar-refractivity contribution >= 4 is 23.5 Å². The van der Waals surface area contributed by atoms with Crippen LogP contribution in [0.25, 0.3) is 0 Å². The van der Waals surface area contributed by atoms with Crippen molar-refractivity contribution in [2.75, 3.05) is 36.9 Å². The Balaban J connectivity index is 2.51. The molecule has 1 aromatic heterocycles. The van der Waals surface area contributed by atoms with Gasteiger partial charge in [0.1, 0.15) is 0 Å². The minimum absolute atomic E-state index is 0.171. The summed E-state index contributed by atoms with van der Waals surface area (Å²) in [4.78, 5) is 12.0. The lowest BCUT2D eigenvalue weighted by Gasteiger charge is -2.07. The lowest BCUT2D eigenvalue weighted by molar-refractivity contribution is 0.158. The molecule has 6 nitrogen and oxygen atoms in total. The molecule has 0 amide bonds. The van der Waals surface area contributed by atoms with Crippen LogP contribution in [-0.4, -0.2) is 41.3 Å². The number of hydrogen-bond donors (Lipinski definition) is 2. The van der Waals surface area contributed by atoms with E-state index in [1.165, 1.54) is 0 Å². The van der Waals surface area contributed by atoms with Gasteiger partial charge in [-0.05, 0) is 25.4 Å². The van der Waals surface area contributed by atoms with Crippen LogP contribution in [0.1, 0.15) is 13.8 Å². The standard InChI is InChI=1S/C9H16ClN5O/c1-3-11-8-13-7(10)14-9(15-8)12-5-6-16-4-2/h3-6H2,1-2H3,(H2,11,12,13,14,15). The van der Waals surface area contributed by atoms with Gasteiger partial charge in [-0.15, -0.1) is 0 Å². The molecule has 0 spiro atoms. The van der Waals surface area contributed by atoms with Crippen molar-refractivity contribution in [3.63, 3.8) is 0 Å². The first kappa shape index (κ1) is 12.9. The Kier molecular flexibility index (Phi) is 5.81. The zero-order valence-corrected chi connectivity index (χ0v) is 10.2. The smallest absolute Gasteiger partial charge is 0.228 e. The molecule has 0 fully saturated rings. The molecule has 1 rings (SSSR count). The number of hydrogen-bond acceptors (Lipinski definition) is 6. The van der Waals surface area contributed by atoms with Gasteiger partial charge >= 0.3 is 0 Å². The first-order chi connectivity index (χ1) is 7.76. The molecule has 90 valence electrons. The van der Waals surface area contributed by atoms with Crippen molar-refractivity contribution in [3.8, 4) is 0 Å². The largest absolute Gasteiger partial charge is 0.380 e. The average Bonchev–Trinajstić information content (AvgIpc) is 2.24. The van der Waals surface area contributed by atoms with Gasteiger partial charge in [0.25, 0.3) is 0 Å². The van der Waals surface area contributed by atoms with E-state index in [-0.39, 0.29) is 5.28 Å². The fraction of sp³-hybridized carbons (Fsp3) is 0.667. The quantitative estimate of drug-likeness (QED) is 0.708. The van der Waals surface area contributed by atoms with Crippen molar-refractivity contribution in [2.24, 2.45) is 0 Å². The summed E-state index contributed by atoms with van der Waals surface area (Å²) in [6, 6.07) is 0. The fourth-order valence-corrected chi connectivity index (χ4v) is 1.21. The molecule has 0 saturated carbocycles. The number of rotatable bonds is 7. The summed E-state index contributed by atoms with van der Waals surface area (Å²) in [5.74, 6) is 0.928. The van der Waals surface area contributed by atoms with E-state index in [2.05, 4.69) is 25.6 Å². The summed E-state index contributed by atoms with van der Waals surface area (Å²) in [5, 5.41) is 6.15. The van der Waals surface area contributed by atoms with Gasteiger partial charge in [0, 0.05) is 19.7 Å². The van der Waals surface area contributed by atoms with Gasteiger partial charge in [0.05, 0.1) is 6.61 Å². The zero-order valence-electron chi connectivity index (χ0n) is 9.46. The van der Waals surface area contributed by atoms with Crippen molar-refractivity contribution in [1.82, 2.24) is 15.0 Å². The Morgan fingerprint density at radius 3 is 2.44 bits per heavy atom. The van der Waals surface area contributed by atoms with E-state index in [1.54, 1.807) is 0 Å². The molecule has 0 aliphatic carbocycles. The van der Waals surface area contributed by atoms with Crippen LogP contribution in [0.3, 0.4) is 0 Å². The average molecular weight is 246 g/mol. The number of nitrogens with one attached hydrogen (secondary N) is 2. The second-order valence-corrected chi connectivity index (χ2v) is 3.24. The van der Waals surface area contributed by atoms with Gasteiger partial charge in [-0.25, -0.2) is 0 Å². The molecule has 0 aromatic carbocycles. The van der Waals surface area contributed by atoms with E-state index in [0.29, 0.717) is 31.7 Å². The van der Waals surface area contributed by atoms with Crippen LogP contribution in [0.15, 0.2) is 0 Å². The molecule has 0 radical (unpaired) electrons. The molecule has 0 atom stereocenters. The topological polar surface area (TPSA) is 72.0 Å². The Bertz CT molecular complexity index is 323. The van der Waals surface area contributed by atoms with Gasteiger partial charge in [-0.1, -0.05) is 0 Å². The summed E-state index contributed by atoms with van der Waals surface area (Å²) in [7, 11) is 0. The summed E-state index contributed by atoms with van der Waals surface area (Å²) in [6.45, 7) is 6.58. The number of ether oxygens (including phenoxy) is 1. The summed E-state index contributed by atoms with van der Waals surface area (Å²) < 4.78 is 5.18. The van der Waals surface area contributed by atoms with Crippen LogP contribution in [0, 0.1) is 0 Å². The van der Waals surface area contributed by atoms with Crippen LogP contribution >= 0.6 is 11.6 Å². The van der Waals surface area contributed by atoms with Crippen LogP contribution in [0.4, 0.5) is 11.9 Å². The highest BCUT2D eigenvalue weighted by Gasteiger charge is 2.03. The predicted molar refractivity (Wildman–Crippen MR) is 64.0 cm³/mol. The minimum atomic E-state index is 0.171. The molecule has 1 aromatic rings. The first-order valence-electron chi connectivity index (χ1n) is 5.23. The second kappa shape index (κ2) is 7.19. The third-order valence-electron chi connectivity index (χ3n) is 1.68. The fourth-order valence-electron chi connectivity index (χ4n) is 1.05. The minimum Gasteiger partial charge on any atom is -0.380 e. The molecule has 0 unspecified atom stereocenters. The summed E-state index contributed by atoms with van der Waals surface area (Å²) in [5.41, 5.74) is 0. The normalized spacial score (nSPS) is 10.2. The molecule has 2 N–H and O–H groups in total. The molecule has 0 saturated heterocycles. The highest BCUT2D eigenvalue weighted by Crippen LogP contribution is 2.08.